The largest absolute Gasteiger partial charge is 1.00 e. The number of hydrogen-bond donors (Lipinski definition) is 1. The zero-order chi connectivity index (χ0) is 6.97. The third kappa shape index (κ3) is 1.35. The number of nitrogens with one attached hydrogen (secondary N) is 1. The molecule has 2 rings (SSSR count). The molecule has 0 aromatic carbocycles. The van der Waals surface area contributed by atoms with E-state index in [1.54, 1.807) is 0 Å². The van der Waals surface area contributed by atoms with Gasteiger partial charge in [-0.2, -0.15) is 5.10 Å². The summed E-state index contributed by atoms with van der Waals surface area (Å²) in [4.78, 5) is 18.1. The molecule has 5 nitrogen and oxygen atoms in total. The van der Waals surface area contributed by atoms with Crippen LogP contribution in [0.3, 0.4) is 0 Å². The molecule has 0 bridgehead atoms. The first-order valence-corrected chi connectivity index (χ1v) is 2.69. The van der Waals surface area contributed by atoms with E-state index in [2.05, 4.69) is 20.2 Å². The van der Waals surface area contributed by atoms with Gasteiger partial charge in [0.2, 0.25) is 0 Å². The zero-order valence-corrected chi connectivity index (χ0v) is 7.90. The average molecular weight is 158 g/mol. The van der Waals surface area contributed by atoms with Gasteiger partial charge in [0.05, 0.1) is 17.2 Å². The van der Waals surface area contributed by atoms with Crippen molar-refractivity contribution in [2.45, 2.75) is 0 Å². The van der Waals surface area contributed by atoms with E-state index in [0.29, 0.717) is 11.0 Å². The quantitative estimate of drug-likeness (QED) is 0.400. The van der Waals surface area contributed by atoms with Gasteiger partial charge in [-0.15, -0.1) is 0 Å². The number of H-pyrrole nitrogens is 1. The van der Waals surface area contributed by atoms with Gasteiger partial charge < -0.3 is 9.97 Å². The minimum atomic E-state index is -0.293. The third-order valence-corrected chi connectivity index (χ3v) is 1.21. The number of fused-ring (bicyclic) bond motifs is 1. The number of nitrogens with zero attached hydrogens (tertiary/aromatic N) is 3. The number of rotatable bonds is 0. The molecule has 0 spiro atoms. The SMILES string of the molecule is O=c1[n-]cnc2[nH]ncc12.[Na+]. The van der Waals surface area contributed by atoms with Crippen molar-refractivity contribution in [3.05, 3.63) is 22.9 Å². The Balaban J connectivity index is 0.000000605. The minimum absolute atomic E-state index is 0. The van der Waals surface area contributed by atoms with E-state index in [0.717, 1.165) is 0 Å². The Morgan fingerprint density at radius 2 is 2.36 bits per heavy atom. The van der Waals surface area contributed by atoms with Gasteiger partial charge in [-0.1, -0.05) is 6.33 Å². The second-order valence-electron chi connectivity index (χ2n) is 1.81. The maximum atomic E-state index is 10.8. The summed E-state index contributed by atoms with van der Waals surface area (Å²) in [6, 6.07) is 0. The molecule has 50 valence electrons. The van der Waals surface area contributed by atoms with Crippen LogP contribution in [0.1, 0.15) is 0 Å². The molecule has 0 aliphatic carbocycles. The molecule has 0 saturated carbocycles. The summed E-state index contributed by atoms with van der Waals surface area (Å²) < 4.78 is 0. The van der Waals surface area contributed by atoms with Gasteiger partial charge in [-0.05, 0) is 0 Å². The van der Waals surface area contributed by atoms with Crippen LogP contribution in [-0.2, 0) is 0 Å². The van der Waals surface area contributed by atoms with Crippen molar-refractivity contribution in [1.29, 1.82) is 0 Å². The molecule has 6 heteroatoms. The van der Waals surface area contributed by atoms with Crippen LogP contribution in [0.4, 0.5) is 0 Å². The fraction of sp³-hybridized carbons (Fsp3) is 0. The Morgan fingerprint density at radius 3 is 3.09 bits per heavy atom. The van der Waals surface area contributed by atoms with Crippen LogP contribution >= 0.6 is 0 Å². The van der Waals surface area contributed by atoms with Gasteiger partial charge in [0, 0.05) is 0 Å². The summed E-state index contributed by atoms with van der Waals surface area (Å²) >= 11 is 0. The first-order valence-electron chi connectivity index (χ1n) is 2.69. The summed E-state index contributed by atoms with van der Waals surface area (Å²) in [5.41, 5.74) is 0.193. The second-order valence-corrected chi connectivity index (χ2v) is 1.81. The smallest absolute Gasteiger partial charge is 0.427 e. The molecule has 2 heterocycles. The molecule has 0 saturated heterocycles. The van der Waals surface area contributed by atoms with Gasteiger partial charge in [0.25, 0.3) is 0 Å². The van der Waals surface area contributed by atoms with Crippen molar-refractivity contribution < 1.29 is 29.6 Å². The molecule has 2 aromatic rings. The fourth-order valence-corrected chi connectivity index (χ4v) is 0.743. The third-order valence-electron chi connectivity index (χ3n) is 1.21. The molecular formula is C5H3N4NaO. The van der Waals surface area contributed by atoms with Gasteiger partial charge in [0.15, 0.2) is 5.56 Å². The molecule has 0 radical (unpaired) electrons. The van der Waals surface area contributed by atoms with Crippen molar-refractivity contribution in [3.8, 4) is 0 Å². The van der Waals surface area contributed by atoms with E-state index in [4.69, 9.17) is 0 Å². The molecule has 0 unspecified atom stereocenters. The molecule has 0 fully saturated rings. The monoisotopic (exact) mass is 158 g/mol. The van der Waals surface area contributed by atoms with Gasteiger partial charge in [-0.3, -0.25) is 9.89 Å². The summed E-state index contributed by atoms with van der Waals surface area (Å²) in [5.74, 6) is 0. The van der Waals surface area contributed by atoms with Crippen molar-refractivity contribution in [1.82, 2.24) is 20.2 Å². The Kier molecular flexibility index (Phi) is 2.43. The van der Waals surface area contributed by atoms with Crippen molar-refractivity contribution in [3.63, 3.8) is 0 Å². The average Bonchev–Trinajstić information content (AvgIpc) is 2.36. The molecule has 0 aliphatic heterocycles. The van der Waals surface area contributed by atoms with Crippen LogP contribution in [0.25, 0.3) is 11.0 Å². The van der Waals surface area contributed by atoms with Crippen molar-refractivity contribution >= 4 is 11.0 Å². The molecule has 1 N–H and O–H groups in total. The Bertz CT molecular complexity index is 406. The van der Waals surface area contributed by atoms with Crippen LogP contribution in [0.2, 0.25) is 0 Å². The molecule has 0 aliphatic rings. The number of aromatic nitrogens is 4. The van der Waals surface area contributed by atoms with Crippen LogP contribution in [-0.4, -0.2) is 15.2 Å². The van der Waals surface area contributed by atoms with E-state index < -0.39 is 0 Å². The van der Waals surface area contributed by atoms with Crippen LogP contribution in [0.15, 0.2) is 17.3 Å². The standard InChI is InChI=1S/C5H4N4O.Na/c10-5-3-1-8-9-4(3)6-2-7-5;/h1-2H,(H2,6,7,8,9,10);/q;+1/p-1. The number of hydrogen-bond acceptors (Lipinski definition) is 3. The Labute approximate surface area is 83.5 Å². The fourth-order valence-electron chi connectivity index (χ4n) is 0.743. The van der Waals surface area contributed by atoms with E-state index in [1.807, 2.05) is 0 Å². The zero-order valence-electron chi connectivity index (χ0n) is 5.90. The Hall–Kier alpha value is -0.650. The second kappa shape index (κ2) is 3.17. The maximum Gasteiger partial charge on any atom is 1.00 e. The maximum absolute atomic E-state index is 10.8. The van der Waals surface area contributed by atoms with Crippen LogP contribution in [0, 0.1) is 0 Å². The molecule has 0 atom stereocenters. The number of aromatic amines is 1. The van der Waals surface area contributed by atoms with Crippen LogP contribution < -0.4 is 40.1 Å². The summed E-state index contributed by atoms with van der Waals surface area (Å²) in [5, 5.41) is 6.63. The predicted molar refractivity (Wildman–Crippen MR) is 33.5 cm³/mol. The molecule has 0 amide bonds. The van der Waals surface area contributed by atoms with E-state index in [-0.39, 0.29) is 35.1 Å². The molecule has 11 heavy (non-hydrogen) atoms. The van der Waals surface area contributed by atoms with E-state index >= 15 is 0 Å². The first kappa shape index (κ1) is 8.45. The summed E-state index contributed by atoms with van der Waals surface area (Å²) in [6.45, 7) is 0. The van der Waals surface area contributed by atoms with Crippen LogP contribution in [0.5, 0.6) is 0 Å². The van der Waals surface area contributed by atoms with Gasteiger partial charge in [-0.25, -0.2) is 0 Å². The predicted octanol–water partition coefficient (Wildman–Crippen LogP) is -3.72. The van der Waals surface area contributed by atoms with Gasteiger partial charge >= 0.3 is 29.6 Å². The minimum Gasteiger partial charge on any atom is -0.427 e. The first-order chi connectivity index (χ1) is 4.88. The Morgan fingerprint density at radius 1 is 1.55 bits per heavy atom. The molecular weight excluding hydrogens is 155 g/mol. The van der Waals surface area contributed by atoms with E-state index in [1.165, 1.54) is 12.5 Å². The van der Waals surface area contributed by atoms with Crippen molar-refractivity contribution in [2.24, 2.45) is 0 Å². The van der Waals surface area contributed by atoms with E-state index in [9.17, 15) is 4.79 Å². The normalized spacial score (nSPS) is 9.45. The van der Waals surface area contributed by atoms with Gasteiger partial charge in [0.1, 0.15) is 0 Å². The van der Waals surface area contributed by atoms with Crippen molar-refractivity contribution in [2.75, 3.05) is 0 Å². The molecule has 2 aromatic heterocycles. The summed E-state index contributed by atoms with van der Waals surface area (Å²) in [7, 11) is 0. The topological polar surface area (TPSA) is 72.7 Å². The summed E-state index contributed by atoms with van der Waals surface area (Å²) in [6.07, 6.45) is 2.63.